The van der Waals surface area contributed by atoms with Crippen LogP contribution in [0.3, 0.4) is 0 Å². The van der Waals surface area contributed by atoms with Crippen LogP contribution in [-0.4, -0.2) is 59.4 Å². The van der Waals surface area contributed by atoms with Gasteiger partial charge in [-0.1, -0.05) is 0 Å². The lowest BCUT2D eigenvalue weighted by Gasteiger charge is -2.16. The topological polar surface area (TPSA) is 57.2 Å². The zero-order valence-corrected chi connectivity index (χ0v) is 13.7. The molecule has 0 heterocycles. The Labute approximate surface area is 131 Å². The number of carbonyl (C=O) groups is 1. The molecule has 1 rings (SSSR count). The highest BCUT2D eigenvalue weighted by atomic mass is 16.5. The van der Waals surface area contributed by atoms with Gasteiger partial charge in [0.25, 0.3) is 0 Å². The molecule has 0 fully saturated rings. The molecule has 0 saturated heterocycles. The third-order valence-electron chi connectivity index (χ3n) is 2.88. The number of methoxy groups -OCH3 is 3. The van der Waals surface area contributed by atoms with Gasteiger partial charge in [0.2, 0.25) is 5.75 Å². The number of ether oxygens (including phenoxy) is 4. The van der Waals surface area contributed by atoms with Crippen molar-refractivity contribution in [3.63, 3.8) is 0 Å². The number of benzene rings is 1. The quantitative estimate of drug-likeness (QED) is 0.539. The van der Waals surface area contributed by atoms with Gasteiger partial charge in [-0.3, -0.25) is 0 Å². The van der Waals surface area contributed by atoms with E-state index in [0.717, 1.165) is 12.1 Å². The first-order valence-corrected chi connectivity index (χ1v) is 6.81. The van der Waals surface area contributed by atoms with Gasteiger partial charge in [0.15, 0.2) is 11.5 Å². The Balaban J connectivity index is 3.02. The van der Waals surface area contributed by atoms with Crippen LogP contribution in [0.4, 0.5) is 0 Å². The van der Waals surface area contributed by atoms with E-state index in [4.69, 9.17) is 14.2 Å². The lowest BCUT2D eigenvalue weighted by Crippen LogP contribution is -2.19. The Kier molecular flexibility index (Phi) is 7.25. The largest absolute Gasteiger partial charge is 0.493 e. The molecular weight excluding hydrogens is 286 g/mol. The Morgan fingerprint density at radius 3 is 2.18 bits per heavy atom. The van der Waals surface area contributed by atoms with Crippen molar-refractivity contribution in [1.82, 2.24) is 4.90 Å². The summed E-state index contributed by atoms with van der Waals surface area (Å²) in [6.07, 6.45) is 2.96. The number of carbonyl (C=O) groups excluding carboxylic acids is 1. The predicted octanol–water partition coefficient (Wildman–Crippen LogP) is 1.83. The van der Waals surface area contributed by atoms with Crippen molar-refractivity contribution in [3.8, 4) is 17.2 Å². The highest BCUT2D eigenvalue weighted by molar-refractivity contribution is 5.87. The molecule has 0 unspecified atom stereocenters. The van der Waals surface area contributed by atoms with Crippen LogP contribution in [0.1, 0.15) is 5.56 Å². The molecule has 0 radical (unpaired) electrons. The molecule has 122 valence electrons. The molecule has 0 amide bonds. The summed E-state index contributed by atoms with van der Waals surface area (Å²) in [5.41, 5.74) is 0.749. The second kappa shape index (κ2) is 8.94. The minimum Gasteiger partial charge on any atom is -0.493 e. The van der Waals surface area contributed by atoms with E-state index in [1.165, 1.54) is 13.2 Å². The molecule has 6 nitrogen and oxygen atoms in total. The van der Waals surface area contributed by atoms with E-state index in [0.29, 0.717) is 23.9 Å². The summed E-state index contributed by atoms with van der Waals surface area (Å²) in [6.45, 7) is 1.29. The van der Waals surface area contributed by atoms with Crippen molar-refractivity contribution in [2.45, 2.75) is 0 Å². The van der Waals surface area contributed by atoms with Crippen molar-refractivity contribution < 1.29 is 23.7 Å². The van der Waals surface area contributed by atoms with Crippen LogP contribution in [0, 0.1) is 0 Å². The molecule has 1 aromatic rings. The number of hydrogen-bond acceptors (Lipinski definition) is 6. The lowest BCUT2D eigenvalue weighted by atomic mass is 10.1. The SMILES string of the molecule is COC(=O)/C=C/c1cc(OC)c(OCCN(C)C)c(OC)c1. The standard InChI is InChI=1S/C16H23NO5/c1-17(2)8-9-22-16-13(19-3)10-12(11-14(16)20-4)6-7-15(18)21-5/h6-7,10-11H,8-9H2,1-5H3/b7-6+. The second-order valence-corrected chi connectivity index (χ2v) is 4.76. The summed E-state index contributed by atoms with van der Waals surface area (Å²) in [7, 11) is 8.38. The Bertz CT molecular complexity index is 500. The molecule has 0 spiro atoms. The van der Waals surface area contributed by atoms with Crippen LogP contribution < -0.4 is 14.2 Å². The highest BCUT2D eigenvalue weighted by Crippen LogP contribution is 2.38. The normalized spacial score (nSPS) is 10.8. The van der Waals surface area contributed by atoms with Crippen molar-refractivity contribution in [1.29, 1.82) is 0 Å². The fourth-order valence-electron chi connectivity index (χ4n) is 1.70. The molecule has 22 heavy (non-hydrogen) atoms. The number of nitrogens with zero attached hydrogens (tertiary/aromatic N) is 1. The van der Waals surface area contributed by atoms with Crippen molar-refractivity contribution in [3.05, 3.63) is 23.8 Å². The summed E-state index contributed by atoms with van der Waals surface area (Å²) in [5.74, 6) is 1.21. The monoisotopic (exact) mass is 309 g/mol. The average molecular weight is 309 g/mol. The van der Waals surface area contributed by atoms with Crippen LogP contribution in [0.25, 0.3) is 6.08 Å². The zero-order valence-electron chi connectivity index (χ0n) is 13.7. The van der Waals surface area contributed by atoms with E-state index in [1.54, 1.807) is 32.4 Å². The van der Waals surface area contributed by atoms with Gasteiger partial charge in [0, 0.05) is 12.6 Å². The minimum absolute atomic E-state index is 0.427. The molecule has 0 aliphatic heterocycles. The van der Waals surface area contributed by atoms with E-state index >= 15 is 0 Å². The van der Waals surface area contributed by atoms with Gasteiger partial charge in [0.1, 0.15) is 6.61 Å². The molecule has 0 aliphatic carbocycles. The molecule has 0 saturated carbocycles. The van der Waals surface area contributed by atoms with Gasteiger partial charge in [-0.25, -0.2) is 4.79 Å². The first kappa shape index (κ1) is 17.8. The summed E-state index contributed by atoms with van der Waals surface area (Å²) < 4.78 is 21.0. The molecule has 1 aromatic carbocycles. The first-order valence-electron chi connectivity index (χ1n) is 6.81. The number of esters is 1. The molecule has 0 aromatic heterocycles. The maximum atomic E-state index is 11.2. The lowest BCUT2D eigenvalue weighted by molar-refractivity contribution is -0.134. The Morgan fingerprint density at radius 2 is 1.73 bits per heavy atom. The number of likely N-dealkylation sites (N-methyl/N-ethyl adjacent to an activating group) is 1. The van der Waals surface area contributed by atoms with E-state index in [2.05, 4.69) is 4.74 Å². The summed E-state index contributed by atoms with van der Waals surface area (Å²) in [4.78, 5) is 13.2. The van der Waals surface area contributed by atoms with Crippen molar-refractivity contribution in [2.75, 3.05) is 48.6 Å². The van der Waals surface area contributed by atoms with Crippen LogP contribution in [0.5, 0.6) is 17.2 Å². The van der Waals surface area contributed by atoms with E-state index < -0.39 is 5.97 Å². The van der Waals surface area contributed by atoms with Crippen LogP contribution in [-0.2, 0) is 9.53 Å². The fraction of sp³-hybridized carbons (Fsp3) is 0.438. The van der Waals surface area contributed by atoms with Crippen molar-refractivity contribution in [2.24, 2.45) is 0 Å². The minimum atomic E-state index is -0.427. The smallest absolute Gasteiger partial charge is 0.330 e. The van der Waals surface area contributed by atoms with E-state index in [1.807, 2.05) is 19.0 Å². The van der Waals surface area contributed by atoms with Gasteiger partial charge < -0.3 is 23.8 Å². The third kappa shape index (κ3) is 5.29. The van der Waals surface area contributed by atoms with Crippen LogP contribution >= 0.6 is 0 Å². The Morgan fingerprint density at radius 1 is 1.14 bits per heavy atom. The molecule has 0 bridgehead atoms. The van der Waals surface area contributed by atoms with Gasteiger partial charge in [-0.2, -0.15) is 0 Å². The summed E-state index contributed by atoms with van der Waals surface area (Å²) in [5, 5.41) is 0. The average Bonchev–Trinajstić information content (AvgIpc) is 2.52. The van der Waals surface area contributed by atoms with E-state index in [-0.39, 0.29) is 0 Å². The van der Waals surface area contributed by atoms with Gasteiger partial charge in [-0.15, -0.1) is 0 Å². The third-order valence-corrected chi connectivity index (χ3v) is 2.88. The van der Waals surface area contributed by atoms with Gasteiger partial charge >= 0.3 is 5.97 Å². The molecule has 0 aliphatic rings. The maximum Gasteiger partial charge on any atom is 0.330 e. The predicted molar refractivity (Wildman–Crippen MR) is 84.6 cm³/mol. The van der Waals surface area contributed by atoms with Gasteiger partial charge in [-0.05, 0) is 37.9 Å². The summed E-state index contributed by atoms with van der Waals surface area (Å²) >= 11 is 0. The Hall–Kier alpha value is -2.21. The second-order valence-electron chi connectivity index (χ2n) is 4.76. The maximum absolute atomic E-state index is 11.2. The van der Waals surface area contributed by atoms with E-state index in [9.17, 15) is 4.79 Å². The molecular formula is C16H23NO5. The van der Waals surface area contributed by atoms with Gasteiger partial charge in [0.05, 0.1) is 21.3 Å². The molecule has 0 atom stereocenters. The summed E-state index contributed by atoms with van der Waals surface area (Å²) in [6, 6.07) is 3.54. The molecule has 0 N–H and O–H groups in total. The number of rotatable bonds is 8. The zero-order chi connectivity index (χ0) is 16.5. The van der Waals surface area contributed by atoms with Crippen molar-refractivity contribution >= 4 is 12.0 Å². The van der Waals surface area contributed by atoms with Crippen LogP contribution in [0.15, 0.2) is 18.2 Å². The number of hydrogen-bond donors (Lipinski definition) is 0. The highest BCUT2D eigenvalue weighted by Gasteiger charge is 2.13. The first-order chi connectivity index (χ1) is 10.5. The van der Waals surface area contributed by atoms with Crippen LogP contribution in [0.2, 0.25) is 0 Å². The fourth-order valence-corrected chi connectivity index (χ4v) is 1.70. The molecule has 6 heteroatoms.